The highest BCUT2D eigenvalue weighted by molar-refractivity contribution is 14.1. The zero-order valence-electron chi connectivity index (χ0n) is 33.2. The van der Waals surface area contributed by atoms with Gasteiger partial charge in [0, 0.05) is 13.3 Å². The van der Waals surface area contributed by atoms with Gasteiger partial charge in [-0.3, -0.25) is 8.98 Å². The maximum atomic E-state index is 13.2. The molecule has 2 aromatic rings. The first-order chi connectivity index (χ1) is 25.8. The first-order valence-corrected chi connectivity index (χ1v) is 24.5. The Balaban J connectivity index is 1.31. The second kappa shape index (κ2) is 18.8. The summed E-state index contributed by atoms with van der Waals surface area (Å²) in [5.41, 5.74) is 1.86. The standard InChI is InChI=1S/C40H57IO12SSi/c1-25-15-17-30(18-16-25)54(43,44)47-24-33-37(32(21-22-45-33)46-23-29-13-11-10-12-14-29)52-39-35(41)38(50-28(4)42)36(27(3)49-39)51-34-20-19-31(26(2)48-34)53-55(8,9)40(5,6)7/h10-18,21-22,26-27,31-39H,19-20,23-24H2,1-9H3/t26-,27+,31-,32+,33+,34-,35+,36+,37-,38+,39-/m0/s1. The third-order valence-corrected chi connectivity index (χ3v) is 17.7. The number of halogens is 1. The summed E-state index contributed by atoms with van der Waals surface area (Å²) in [6.07, 6.45) is -1.71. The molecule has 306 valence electrons. The normalized spacial score (nSPS) is 31.8. The van der Waals surface area contributed by atoms with E-state index in [1.807, 2.05) is 51.1 Å². The minimum Gasteiger partial charge on any atom is -0.493 e. The molecule has 0 aromatic heterocycles. The molecule has 5 rings (SSSR count). The fraction of sp³-hybridized carbons (Fsp3) is 0.625. The van der Waals surface area contributed by atoms with Crippen molar-refractivity contribution in [3.8, 4) is 0 Å². The number of esters is 1. The van der Waals surface area contributed by atoms with E-state index in [4.69, 9.17) is 41.8 Å². The number of carbonyl (C=O) groups excluding carboxylic acids is 1. The Kier molecular flexibility index (Phi) is 15.1. The molecule has 55 heavy (non-hydrogen) atoms. The van der Waals surface area contributed by atoms with Gasteiger partial charge in [0.15, 0.2) is 27.0 Å². The van der Waals surface area contributed by atoms with Gasteiger partial charge in [-0.1, -0.05) is 91.4 Å². The molecule has 15 heteroatoms. The lowest BCUT2D eigenvalue weighted by atomic mass is 10.00. The molecule has 0 spiro atoms. The van der Waals surface area contributed by atoms with Gasteiger partial charge >= 0.3 is 5.97 Å². The fourth-order valence-electron chi connectivity index (χ4n) is 6.42. The molecule has 0 saturated carbocycles. The van der Waals surface area contributed by atoms with Gasteiger partial charge in [0.1, 0.15) is 34.9 Å². The van der Waals surface area contributed by atoms with Crippen LogP contribution in [0.2, 0.25) is 18.1 Å². The molecule has 3 heterocycles. The smallest absolute Gasteiger partial charge is 0.303 e. The van der Waals surface area contributed by atoms with Crippen molar-refractivity contribution in [2.45, 2.75) is 156 Å². The number of hydrogen-bond donors (Lipinski definition) is 0. The van der Waals surface area contributed by atoms with Crippen molar-refractivity contribution in [3.63, 3.8) is 0 Å². The second-order valence-electron chi connectivity index (χ2n) is 16.0. The molecule has 2 saturated heterocycles. The van der Waals surface area contributed by atoms with Crippen LogP contribution >= 0.6 is 22.6 Å². The van der Waals surface area contributed by atoms with Crippen LogP contribution in [0.5, 0.6) is 0 Å². The van der Waals surface area contributed by atoms with Gasteiger partial charge in [0.05, 0.1) is 36.1 Å². The Morgan fingerprint density at radius 3 is 2.25 bits per heavy atom. The third kappa shape index (κ3) is 11.6. The quantitative estimate of drug-likeness (QED) is 0.0617. The molecular weight excluding hydrogens is 859 g/mol. The van der Waals surface area contributed by atoms with Crippen LogP contribution in [0.3, 0.4) is 0 Å². The third-order valence-electron chi connectivity index (χ3n) is 10.6. The van der Waals surface area contributed by atoms with E-state index in [-0.39, 0.29) is 35.4 Å². The van der Waals surface area contributed by atoms with Gasteiger partial charge in [0.25, 0.3) is 10.1 Å². The first kappa shape index (κ1) is 44.2. The highest BCUT2D eigenvalue weighted by atomic mass is 127. The summed E-state index contributed by atoms with van der Waals surface area (Å²) in [6.45, 7) is 18.1. The van der Waals surface area contributed by atoms with Crippen molar-refractivity contribution in [2.75, 3.05) is 6.61 Å². The number of aryl methyl sites for hydroxylation is 1. The monoisotopic (exact) mass is 916 g/mol. The molecule has 2 fully saturated rings. The summed E-state index contributed by atoms with van der Waals surface area (Å²) in [7, 11) is -6.13. The topological polar surface area (TPSA) is 134 Å². The highest BCUT2D eigenvalue weighted by Gasteiger charge is 2.51. The van der Waals surface area contributed by atoms with Crippen LogP contribution in [0, 0.1) is 6.92 Å². The molecule has 12 nitrogen and oxygen atoms in total. The lowest BCUT2D eigenvalue weighted by molar-refractivity contribution is -0.312. The number of ether oxygens (including phenoxy) is 7. The summed E-state index contributed by atoms with van der Waals surface area (Å²) in [5.74, 6) is -0.477. The molecule has 0 aliphatic carbocycles. The predicted octanol–water partition coefficient (Wildman–Crippen LogP) is 7.36. The largest absolute Gasteiger partial charge is 0.493 e. The van der Waals surface area contributed by atoms with Crippen LogP contribution < -0.4 is 0 Å². The summed E-state index contributed by atoms with van der Waals surface area (Å²) in [5, 5.41) is 0.0698. The van der Waals surface area contributed by atoms with Crippen LogP contribution in [0.1, 0.15) is 65.5 Å². The zero-order chi connectivity index (χ0) is 40.1. The van der Waals surface area contributed by atoms with Gasteiger partial charge in [0.2, 0.25) is 0 Å². The SMILES string of the molecule is CC(=O)O[C@@H]1[C@@H](I)[C@H](O[C@H]2[C@H](OCc3ccccc3)C=CO[C@@H]2COS(=O)(=O)c2ccc(C)cc2)O[C@H](C)[C@H]1O[C@H]1CC[C@H](O[Si](C)(C)C(C)(C)C)[C@H](C)O1. The molecule has 0 N–H and O–H groups in total. The van der Waals surface area contributed by atoms with E-state index in [0.717, 1.165) is 17.5 Å². The van der Waals surface area contributed by atoms with Crippen LogP contribution in [-0.4, -0.2) is 94.6 Å². The Labute approximate surface area is 341 Å². The number of alkyl halides is 1. The van der Waals surface area contributed by atoms with E-state index >= 15 is 0 Å². The van der Waals surface area contributed by atoms with Crippen LogP contribution in [0.25, 0.3) is 0 Å². The number of hydrogen-bond acceptors (Lipinski definition) is 12. The van der Waals surface area contributed by atoms with E-state index in [0.29, 0.717) is 6.42 Å². The van der Waals surface area contributed by atoms with E-state index in [1.54, 1.807) is 18.2 Å². The highest BCUT2D eigenvalue weighted by Crippen LogP contribution is 2.40. The summed E-state index contributed by atoms with van der Waals surface area (Å²) in [4.78, 5) is 12.5. The summed E-state index contributed by atoms with van der Waals surface area (Å²) >= 11 is 2.16. The molecular formula is C40H57IO12SSi. The van der Waals surface area contributed by atoms with Crippen molar-refractivity contribution in [3.05, 3.63) is 78.1 Å². The summed E-state index contributed by atoms with van der Waals surface area (Å²) in [6, 6.07) is 16.1. The van der Waals surface area contributed by atoms with Gasteiger partial charge in [-0.2, -0.15) is 8.42 Å². The lowest BCUT2D eigenvalue weighted by Crippen LogP contribution is -2.61. The van der Waals surface area contributed by atoms with Gasteiger partial charge in [-0.15, -0.1) is 0 Å². The van der Waals surface area contributed by atoms with Crippen molar-refractivity contribution >= 4 is 47.0 Å². The fourth-order valence-corrected chi connectivity index (χ4v) is 9.66. The van der Waals surface area contributed by atoms with E-state index < -0.39 is 77.5 Å². The van der Waals surface area contributed by atoms with Gasteiger partial charge < -0.3 is 37.6 Å². The number of rotatable bonds is 14. The van der Waals surface area contributed by atoms with Gasteiger partial charge in [-0.05, 0) is 69.1 Å². The van der Waals surface area contributed by atoms with Crippen molar-refractivity contribution in [1.29, 1.82) is 0 Å². The van der Waals surface area contributed by atoms with Crippen molar-refractivity contribution < 1.29 is 55.0 Å². The average molecular weight is 917 g/mol. The van der Waals surface area contributed by atoms with Crippen LogP contribution in [0.15, 0.2) is 71.8 Å². The molecule has 3 aliphatic rings. The molecule has 0 amide bonds. The zero-order valence-corrected chi connectivity index (χ0v) is 37.2. The van der Waals surface area contributed by atoms with Crippen LogP contribution in [0.4, 0.5) is 0 Å². The Morgan fingerprint density at radius 1 is 0.927 bits per heavy atom. The minimum absolute atomic E-state index is 0.0285. The maximum Gasteiger partial charge on any atom is 0.303 e. The number of benzene rings is 2. The minimum atomic E-state index is -4.12. The van der Waals surface area contributed by atoms with Crippen molar-refractivity contribution in [1.82, 2.24) is 0 Å². The molecule has 0 unspecified atom stereocenters. The van der Waals surface area contributed by atoms with E-state index in [9.17, 15) is 13.2 Å². The van der Waals surface area contributed by atoms with Gasteiger partial charge in [-0.25, -0.2) is 0 Å². The van der Waals surface area contributed by atoms with E-state index in [1.165, 1.54) is 25.3 Å². The Hall–Kier alpha value is -1.93. The Bertz CT molecular complexity index is 1690. The molecule has 2 aromatic carbocycles. The average Bonchev–Trinajstić information content (AvgIpc) is 3.11. The molecule has 3 aliphatic heterocycles. The number of carbonyl (C=O) groups is 1. The summed E-state index contributed by atoms with van der Waals surface area (Å²) < 4.78 is 82.3. The molecule has 11 atom stereocenters. The second-order valence-corrected chi connectivity index (χ2v) is 23.8. The maximum absolute atomic E-state index is 13.2. The van der Waals surface area contributed by atoms with E-state index in [2.05, 4.69) is 56.5 Å². The van der Waals surface area contributed by atoms with Crippen molar-refractivity contribution in [2.24, 2.45) is 0 Å². The van der Waals surface area contributed by atoms with Crippen LogP contribution in [-0.2, 0) is 63.3 Å². The molecule has 0 bridgehead atoms. The first-order valence-electron chi connectivity index (χ1n) is 18.9. The molecule has 0 radical (unpaired) electrons. The predicted molar refractivity (Wildman–Crippen MR) is 216 cm³/mol. The Morgan fingerprint density at radius 2 is 1.62 bits per heavy atom. The lowest BCUT2D eigenvalue weighted by Gasteiger charge is -2.47.